The standard InChI is InChI=1S/C13H14N2O/c1-10(14)4-5-12-6-7-13(16-12)11-3-2-8-15-9-11/h2-10H,14H2,1H3/b5-4+. The van der Waals surface area contributed by atoms with Gasteiger partial charge in [0.25, 0.3) is 0 Å². The van der Waals surface area contributed by atoms with Gasteiger partial charge in [0, 0.05) is 24.0 Å². The van der Waals surface area contributed by atoms with Crippen LogP contribution in [0.5, 0.6) is 0 Å². The molecule has 1 atom stereocenters. The quantitative estimate of drug-likeness (QED) is 0.854. The largest absolute Gasteiger partial charge is 0.457 e. The van der Waals surface area contributed by atoms with Crippen molar-refractivity contribution in [3.8, 4) is 11.3 Å². The van der Waals surface area contributed by atoms with Crippen molar-refractivity contribution in [1.29, 1.82) is 0 Å². The molecule has 0 spiro atoms. The van der Waals surface area contributed by atoms with Gasteiger partial charge in [-0.2, -0.15) is 0 Å². The van der Waals surface area contributed by atoms with Crippen LogP contribution in [0.1, 0.15) is 12.7 Å². The van der Waals surface area contributed by atoms with E-state index in [-0.39, 0.29) is 6.04 Å². The Labute approximate surface area is 94.6 Å². The van der Waals surface area contributed by atoms with Crippen molar-refractivity contribution in [2.75, 3.05) is 0 Å². The van der Waals surface area contributed by atoms with Gasteiger partial charge in [0.05, 0.1) is 0 Å². The summed E-state index contributed by atoms with van der Waals surface area (Å²) in [6.45, 7) is 1.92. The Morgan fingerprint density at radius 2 is 2.25 bits per heavy atom. The zero-order valence-electron chi connectivity index (χ0n) is 9.13. The van der Waals surface area contributed by atoms with E-state index in [1.807, 2.05) is 43.3 Å². The van der Waals surface area contributed by atoms with Crippen molar-refractivity contribution >= 4 is 6.08 Å². The van der Waals surface area contributed by atoms with Crippen molar-refractivity contribution in [3.05, 3.63) is 48.5 Å². The molecule has 0 fully saturated rings. The first-order chi connectivity index (χ1) is 7.75. The molecular formula is C13H14N2O. The summed E-state index contributed by atoms with van der Waals surface area (Å²) in [5.41, 5.74) is 6.59. The highest BCUT2D eigenvalue weighted by atomic mass is 16.3. The lowest BCUT2D eigenvalue weighted by atomic mass is 10.2. The number of hydrogen-bond acceptors (Lipinski definition) is 3. The van der Waals surface area contributed by atoms with E-state index in [0.29, 0.717) is 0 Å². The van der Waals surface area contributed by atoms with Gasteiger partial charge >= 0.3 is 0 Å². The van der Waals surface area contributed by atoms with Crippen LogP contribution in [-0.2, 0) is 0 Å². The van der Waals surface area contributed by atoms with Gasteiger partial charge in [-0.25, -0.2) is 0 Å². The Morgan fingerprint density at radius 3 is 2.94 bits per heavy atom. The molecule has 3 nitrogen and oxygen atoms in total. The normalized spacial score (nSPS) is 13.1. The molecule has 0 aromatic carbocycles. The molecule has 0 saturated heterocycles. The van der Waals surface area contributed by atoms with Crippen molar-refractivity contribution in [1.82, 2.24) is 4.98 Å². The van der Waals surface area contributed by atoms with Crippen molar-refractivity contribution < 1.29 is 4.42 Å². The van der Waals surface area contributed by atoms with Crippen LogP contribution in [0, 0.1) is 0 Å². The summed E-state index contributed by atoms with van der Waals surface area (Å²) in [7, 11) is 0. The van der Waals surface area contributed by atoms with E-state index < -0.39 is 0 Å². The van der Waals surface area contributed by atoms with E-state index in [2.05, 4.69) is 4.98 Å². The smallest absolute Gasteiger partial charge is 0.136 e. The minimum absolute atomic E-state index is 0.0342. The summed E-state index contributed by atoms with van der Waals surface area (Å²) in [4.78, 5) is 4.05. The third-order valence-corrected chi connectivity index (χ3v) is 2.14. The maximum Gasteiger partial charge on any atom is 0.136 e. The zero-order chi connectivity index (χ0) is 11.4. The summed E-state index contributed by atoms with van der Waals surface area (Å²) in [5.74, 6) is 1.62. The lowest BCUT2D eigenvalue weighted by Crippen LogP contribution is -2.09. The highest BCUT2D eigenvalue weighted by Gasteiger charge is 2.02. The molecule has 0 bridgehead atoms. The van der Waals surface area contributed by atoms with Crippen LogP contribution in [-0.4, -0.2) is 11.0 Å². The number of pyridine rings is 1. The van der Waals surface area contributed by atoms with E-state index in [1.54, 1.807) is 12.4 Å². The molecule has 0 aliphatic heterocycles. The summed E-state index contributed by atoms with van der Waals surface area (Å²) in [6, 6.07) is 7.73. The molecule has 0 amide bonds. The average molecular weight is 214 g/mol. The van der Waals surface area contributed by atoms with E-state index in [0.717, 1.165) is 17.1 Å². The summed E-state index contributed by atoms with van der Waals surface area (Å²) in [5, 5.41) is 0. The Bertz CT molecular complexity index is 472. The van der Waals surface area contributed by atoms with Crippen LogP contribution in [0.25, 0.3) is 17.4 Å². The van der Waals surface area contributed by atoms with Gasteiger partial charge in [0.2, 0.25) is 0 Å². The van der Waals surface area contributed by atoms with Gasteiger partial charge in [-0.3, -0.25) is 4.98 Å². The summed E-state index contributed by atoms with van der Waals surface area (Å²) < 4.78 is 5.64. The monoisotopic (exact) mass is 214 g/mol. The first kappa shape index (κ1) is 10.6. The molecule has 16 heavy (non-hydrogen) atoms. The molecule has 0 saturated carbocycles. The second kappa shape index (κ2) is 4.77. The Hall–Kier alpha value is -1.87. The number of hydrogen-bond donors (Lipinski definition) is 1. The predicted octanol–water partition coefficient (Wildman–Crippen LogP) is 2.70. The van der Waals surface area contributed by atoms with Crippen molar-refractivity contribution in [3.63, 3.8) is 0 Å². The first-order valence-corrected chi connectivity index (χ1v) is 5.20. The second-order valence-corrected chi connectivity index (χ2v) is 3.66. The maximum absolute atomic E-state index is 5.64. The zero-order valence-corrected chi connectivity index (χ0v) is 9.13. The van der Waals surface area contributed by atoms with E-state index in [9.17, 15) is 0 Å². The number of nitrogens with two attached hydrogens (primary N) is 1. The molecule has 82 valence electrons. The molecule has 0 aliphatic rings. The van der Waals surface area contributed by atoms with E-state index in [1.165, 1.54) is 0 Å². The van der Waals surface area contributed by atoms with Crippen molar-refractivity contribution in [2.24, 2.45) is 5.73 Å². The number of rotatable bonds is 3. The fourth-order valence-corrected chi connectivity index (χ4v) is 1.35. The second-order valence-electron chi connectivity index (χ2n) is 3.66. The minimum atomic E-state index is 0.0342. The lowest BCUT2D eigenvalue weighted by molar-refractivity contribution is 0.571. The molecule has 3 heteroatoms. The fourth-order valence-electron chi connectivity index (χ4n) is 1.35. The Morgan fingerprint density at radius 1 is 1.38 bits per heavy atom. The van der Waals surface area contributed by atoms with Crippen LogP contribution in [0.2, 0.25) is 0 Å². The number of nitrogens with zero attached hydrogens (tertiary/aromatic N) is 1. The van der Waals surface area contributed by atoms with Gasteiger partial charge in [-0.15, -0.1) is 0 Å². The SMILES string of the molecule is CC(N)/C=C/c1ccc(-c2cccnc2)o1. The fraction of sp³-hybridized carbons (Fsp3) is 0.154. The molecule has 2 N–H and O–H groups in total. The van der Waals surface area contributed by atoms with Crippen LogP contribution in [0.4, 0.5) is 0 Å². The first-order valence-electron chi connectivity index (χ1n) is 5.20. The highest BCUT2D eigenvalue weighted by Crippen LogP contribution is 2.21. The van der Waals surface area contributed by atoms with E-state index in [4.69, 9.17) is 10.2 Å². The summed E-state index contributed by atoms with van der Waals surface area (Å²) in [6.07, 6.45) is 7.29. The van der Waals surface area contributed by atoms with Gasteiger partial charge in [-0.1, -0.05) is 6.08 Å². The molecule has 2 heterocycles. The van der Waals surface area contributed by atoms with Crippen LogP contribution in [0.15, 0.2) is 47.2 Å². The lowest BCUT2D eigenvalue weighted by Gasteiger charge is -1.95. The summed E-state index contributed by atoms with van der Waals surface area (Å²) >= 11 is 0. The van der Waals surface area contributed by atoms with Gasteiger partial charge in [0.1, 0.15) is 11.5 Å². The molecule has 1 unspecified atom stereocenters. The Balaban J connectivity index is 2.20. The molecule has 2 rings (SSSR count). The van der Waals surface area contributed by atoms with Gasteiger partial charge in [-0.05, 0) is 37.3 Å². The highest BCUT2D eigenvalue weighted by molar-refractivity contribution is 5.58. The predicted molar refractivity (Wildman–Crippen MR) is 64.6 cm³/mol. The third-order valence-electron chi connectivity index (χ3n) is 2.14. The maximum atomic E-state index is 5.64. The average Bonchev–Trinajstić information content (AvgIpc) is 2.76. The van der Waals surface area contributed by atoms with Crippen LogP contribution in [0.3, 0.4) is 0 Å². The Kier molecular flexibility index (Phi) is 3.17. The molecular weight excluding hydrogens is 200 g/mol. The third kappa shape index (κ3) is 2.58. The topological polar surface area (TPSA) is 52.0 Å². The molecule has 0 radical (unpaired) electrons. The van der Waals surface area contributed by atoms with Crippen molar-refractivity contribution in [2.45, 2.75) is 13.0 Å². The minimum Gasteiger partial charge on any atom is -0.457 e. The van der Waals surface area contributed by atoms with Gasteiger partial charge < -0.3 is 10.2 Å². The number of aromatic nitrogens is 1. The number of furan rings is 1. The van der Waals surface area contributed by atoms with Crippen LogP contribution >= 0.6 is 0 Å². The molecule has 2 aromatic heterocycles. The van der Waals surface area contributed by atoms with Gasteiger partial charge in [0.15, 0.2) is 0 Å². The van der Waals surface area contributed by atoms with E-state index >= 15 is 0 Å². The van der Waals surface area contributed by atoms with Crippen LogP contribution < -0.4 is 5.73 Å². The molecule has 0 aliphatic carbocycles. The molecule has 2 aromatic rings.